The minimum Gasteiger partial charge on any atom is -0.265 e. The molecule has 0 aromatic carbocycles. The Bertz CT molecular complexity index is 275. The Morgan fingerprint density at radius 3 is 2.58 bits per heavy atom. The van der Waals surface area contributed by atoms with Crippen LogP contribution in [-0.4, -0.2) is 16.3 Å². The van der Waals surface area contributed by atoms with Crippen LogP contribution in [-0.2, 0) is 0 Å². The first-order valence-corrected chi connectivity index (χ1v) is 3.18. The second kappa shape index (κ2) is 3.14. The lowest BCUT2D eigenvalue weighted by molar-refractivity contribution is -0.101. The van der Waals surface area contributed by atoms with E-state index in [9.17, 15) is 13.2 Å². The lowest BCUT2D eigenvalue weighted by atomic mass is 10.7. The fourth-order valence-electron chi connectivity index (χ4n) is 0.524. The summed E-state index contributed by atoms with van der Waals surface area (Å²) < 4.78 is 34.9. The summed E-state index contributed by atoms with van der Waals surface area (Å²) in [4.78, 5) is 6.58. The van der Waals surface area contributed by atoms with Crippen LogP contribution in [0.2, 0.25) is 5.15 Å². The highest BCUT2D eigenvalue weighted by Crippen LogP contribution is 2.16. The summed E-state index contributed by atoms with van der Waals surface area (Å²) >= 11 is 5.32. The fraction of sp³-hybridized carbons (Fsp3) is 0.200. The van der Waals surface area contributed by atoms with E-state index in [2.05, 4.69) is 9.97 Å². The molecule has 1 aromatic heterocycles. The van der Waals surface area contributed by atoms with E-state index in [1.54, 1.807) is 0 Å². The van der Waals surface area contributed by atoms with Gasteiger partial charge < -0.3 is 0 Å². The van der Waals surface area contributed by atoms with Crippen molar-refractivity contribution in [2.75, 3.05) is 5.32 Å². The topological polar surface area (TPSA) is 37.8 Å². The van der Waals surface area contributed by atoms with E-state index in [-0.39, 0.29) is 5.15 Å². The summed E-state index contributed by atoms with van der Waals surface area (Å²) in [7, 11) is 0. The predicted molar refractivity (Wildman–Crippen MR) is 36.7 cm³/mol. The second-order valence-electron chi connectivity index (χ2n) is 1.83. The van der Waals surface area contributed by atoms with Crippen LogP contribution in [0.1, 0.15) is 0 Å². The third kappa shape index (κ3) is 2.91. The van der Waals surface area contributed by atoms with Gasteiger partial charge in [0.05, 0.1) is 0 Å². The summed E-state index contributed by atoms with van der Waals surface area (Å²) in [5.41, 5.74) is 0. The fourth-order valence-corrected chi connectivity index (χ4v) is 0.660. The molecule has 0 bridgehead atoms. The van der Waals surface area contributed by atoms with E-state index < -0.39 is 12.2 Å². The van der Waals surface area contributed by atoms with Crippen LogP contribution in [0.15, 0.2) is 12.3 Å². The minimum atomic E-state index is -4.54. The first-order valence-electron chi connectivity index (χ1n) is 2.81. The number of anilines is 1. The molecule has 0 fully saturated rings. The van der Waals surface area contributed by atoms with E-state index in [4.69, 9.17) is 11.6 Å². The Hall–Kier alpha value is -1.04. The third-order valence-corrected chi connectivity index (χ3v) is 1.09. The molecule has 1 aromatic rings. The lowest BCUT2D eigenvalue weighted by Gasteiger charge is -2.06. The van der Waals surface area contributed by atoms with Crippen molar-refractivity contribution < 1.29 is 13.2 Å². The van der Waals surface area contributed by atoms with Gasteiger partial charge in [-0.15, -0.1) is 0 Å². The lowest BCUT2D eigenvalue weighted by Crippen LogP contribution is -2.22. The van der Waals surface area contributed by atoms with Crippen molar-refractivity contribution in [3.8, 4) is 0 Å². The van der Waals surface area contributed by atoms with Crippen LogP contribution >= 0.6 is 11.6 Å². The Kier molecular flexibility index (Phi) is 2.37. The van der Waals surface area contributed by atoms with Crippen molar-refractivity contribution in [3.63, 3.8) is 0 Å². The van der Waals surface area contributed by atoms with Crippen molar-refractivity contribution in [2.45, 2.75) is 6.30 Å². The van der Waals surface area contributed by atoms with Crippen LogP contribution in [0, 0.1) is 0 Å². The maximum Gasteiger partial charge on any atom is 0.484 e. The Morgan fingerprint density at radius 1 is 1.42 bits per heavy atom. The quantitative estimate of drug-likeness (QED) is 0.553. The van der Waals surface area contributed by atoms with Gasteiger partial charge in [0.2, 0.25) is 5.95 Å². The molecule has 0 spiro atoms. The van der Waals surface area contributed by atoms with E-state index in [1.165, 1.54) is 6.07 Å². The standard InChI is InChI=1S/C5H3ClF3N3/c6-3-1-2-10-4(11-3)12-5(7,8)9/h1-2H,(H,10,11,12). The third-order valence-electron chi connectivity index (χ3n) is 0.875. The van der Waals surface area contributed by atoms with Gasteiger partial charge in [-0.1, -0.05) is 11.6 Å². The van der Waals surface area contributed by atoms with E-state index in [0.717, 1.165) is 11.5 Å². The largest absolute Gasteiger partial charge is 0.484 e. The molecule has 7 heteroatoms. The van der Waals surface area contributed by atoms with E-state index in [1.807, 2.05) is 0 Å². The highest BCUT2D eigenvalue weighted by Gasteiger charge is 2.28. The van der Waals surface area contributed by atoms with E-state index >= 15 is 0 Å². The van der Waals surface area contributed by atoms with Crippen molar-refractivity contribution >= 4 is 17.5 Å². The molecular formula is C5H3ClF3N3. The van der Waals surface area contributed by atoms with Gasteiger partial charge in [0, 0.05) is 6.20 Å². The minimum absolute atomic E-state index is 0.0447. The summed E-state index contributed by atoms with van der Waals surface area (Å²) in [5.74, 6) is -0.560. The summed E-state index contributed by atoms with van der Waals surface area (Å²) in [6, 6.07) is 1.28. The highest BCUT2D eigenvalue weighted by atomic mass is 35.5. The maximum atomic E-state index is 11.6. The molecule has 0 aliphatic carbocycles. The average molecular weight is 198 g/mol. The van der Waals surface area contributed by atoms with Gasteiger partial charge in [0.25, 0.3) is 0 Å². The molecule has 3 nitrogen and oxygen atoms in total. The molecule has 12 heavy (non-hydrogen) atoms. The molecule has 0 amide bonds. The maximum absolute atomic E-state index is 11.6. The van der Waals surface area contributed by atoms with Gasteiger partial charge in [0.1, 0.15) is 5.15 Å². The van der Waals surface area contributed by atoms with Crippen molar-refractivity contribution in [1.29, 1.82) is 0 Å². The monoisotopic (exact) mass is 197 g/mol. The molecule has 0 unspecified atom stereocenters. The van der Waals surface area contributed by atoms with Crippen LogP contribution in [0.5, 0.6) is 0 Å². The number of hydrogen-bond acceptors (Lipinski definition) is 3. The predicted octanol–water partition coefficient (Wildman–Crippen LogP) is 2.06. The molecular weight excluding hydrogens is 195 g/mol. The van der Waals surface area contributed by atoms with Gasteiger partial charge in [-0.3, -0.25) is 5.32 Å². The highest BCUT2D eigenvalue weighted by molar-refractivity contribution is 6.29. The molecule has 66 valence electrons. The number of aromatic nitrogens is 2. The van der Waals surface area contributed by atoms with Crippen LogP contribution in [0.3, 0.4) is 0 Å². The van der Waals surface area contributed by atoms with Crippen LogP contribution in [0.4, 0.5) is 19.1 Å². The zero-order valence-electron chi connectivity index (χ0n) is 5.56. The van der Waals surface area contributed by atoms with Crippen LogP contribution < -0.4 is 5.32 Å². The van der Waals surface area contributed by atoms with Gasteiger partial charge >= 0.3 is 6.30 Å². The smallest absolute Gasteiger partial charge is 0.265 e. The van der Waals surface area contributed by atoms with Gasteiger partial charge in [0.15, 0.2) is 0 Å². The van der Waals surface area contributed by atoms with Crippen LogP contribution in [0.25, 0.3) is 0 Å². The molecule has 0 aliphatic rings. The normalized spacial score (nSPS) is 11.3. The zero-order valence-corrected chi connectivity index (χ0v) is 6.32. The summed E-state index contributed by atoms with van der Waals surface area (Å²) in [6.45, 7) is 0. The first kappa shape index (κ1) is 9.05. The molecule has 0 saturated heterocycles. The van der Waals surface area contributed by atoms with Crippen molar-refractivity contribution in [1.82, 2.24) is 9.97 Å². The molecule has 1 N–H and O–H groups in total. The summed E-state index contributed by atoms with van der Waals surface area (Å²) in [5, 5.41) is 1.07. The molecule has 1 rings (SSSR count). The number of rotatable bonds is 1. The number of nitrogens with zero attached hydrogens (tertiary/aromatic N) is 2. The van der Waals surface area contributed by atoms with Gasteiger partial charge in [-0.2, -0.15) is 13.2 Å². The van der Waals surface area contributed by atoms with Gasteiger partial charge in [-0.05, 0) is 6.07 Å². The molecule has 0 saturated carbocycles. The van der Waals surface area contributed by atoms with E-state index in [0.29, 0.717) is 0 Å². The molecule has 1 heterocycles. The molecule has 0 atom stereocenters. The summed E-state index contributed by atoms with van der Waals surface area (Å²) in [6.07, 6.45) is -3.41. The Morgan fingerprint density at radius 2 is 2.08 bits per heavy atom. The average Bonchev–Trinajstić information content (AvgIpc) is 1.82. The molecule has 0 aliphatic heterocycles. The van der Waals surface area contributed by atoms with Crippen molar-refractivity contribution in [2.24, 2.45) is 0 Å². The first-order chi connectivity index (χ1) is 5.47. The SMILES string of the molecule is FC(F)(F)Nc1nccc(Cl)n1. The molecule has 0 radical (unpaired) electrons. The number of nitrogens with one attached hydrogen (secondary N) is 1. The number of hydrogen-bond donors (Lipinski definition) is 1. The van der Waals surface area contributed by atoms with Crippen molar-refractivity contribution in [3.05, 3.63) is 17.4 Å². The Labute approximate surface area is 70.6 Å². The Balaban J connectivity index is 2.77. The second-order valence-corrected chi connectivity index (χ2v) is 2.21. The number of halogens is 4. The number of alkyl halides is 3. The zero-order chi connectivity index (χ0) is 9.19. The van der Waals surface area contributed by atoms with Gasteiger partial charge in [-0.25, -0.2) is 9.97 Å².